The molecule has 0 aliphatic carbocycles. The molecule has 0 fully saturated rings. The van der Waals surface area contributed by atoms with E-state index in [0.29, 0.717) is 225 Å². The third kappa shape index (κ3) is 44.4. The van der Waals surface area contributed by atoms with Crippen molar-refractivity contribution in [2.75, 3.05) is 288 Å². The van der Waals surface area contributed by atoms with Gasteiger partial charge in [-0.3, -0.25) is 0 Å². The number of carbonyl (C=O) groups excluding carboxylic acids is 1. The largest absolute Gasteiger partial charge is 0.487 e. The first-order chi connectivity index (χ1) is 41.4. The van der Waals surface area contributed by atoms with Gasteiger partial charge in [0.25, 0.3) is 0 Å². The first-order valence-electron chi connectivity index (χ1n) is 28.1. The predicted octanol–water partition coefficient (Wildman–Crippen LogP) is 3.00. The van der Waals surface area contributed by atoms with Gasteiger partial charge in [-0.15, -0.1) is 0 Å². The molecule has 0 amide bonds. The average molecular weight is 1220 g/mol. The van der Waals surface area contributed by atoms with E-state index >= 15 is 0 Å². The monoisotopic (exact) mass is 1220 g/mol. The summed E-state index contributed by atoms with van der Waals surface area (Å²) in [5.74, 6) is 1.64. The maximum absolute atomic E-state index is 12.4. The van der Waals surface area contributed by atoms with E-state index in [2.05, 4.69) is 0 Å². The zero-order valence-electron chi connectivity index (χ0n) is 51.0. The molecule has 2 aromatic carbocycles. The lowest BCUT2D eigenvalue weighted by molar-refractivity contribution is 0.0146. The van der Waals surface area contributed by atoms with Crippen LogP contribution in [0, 0.1) is 0 Å². The van der Waals surface area contributed by atoms with Crippen molar-refractivity contribution in [3.8, 4) is 34.5 Å². The summed E-state index contributed by atoms with van der Waals surface area (Å²) in [6.45, 7) is 14.6. The Morgan fingerprint density at radius 1 is 0.274 bits per heavy atom. The summed E-state index contributed by atoms with van der Waals surface area (Å²) in [6, 6.07) is 6.52. The molecule has 0 unspecified atom stereocenters. The Morgan fingerprint density at radius 2 is 0.464 bits per heavy atom. The minimum absolute atomic E-state index is 0.191. The van der Waals surface area contributed by atoms with Gasteiger partial charge in [0.15, 0.2) is 23.0 Å². The molecule has 0 aromatic heterocycles. The number of methoxy groups -OCH3 is 7. The highest BCUT2D eigenvalue weighted by molar-refractivity contribution is 5.91. The molecule has 0 spiro atoms. The fourth-order valence-electron chi connectivity index (χ4n) is 6.28. The first kappa shape index (κ1) is 78.0. The van der Waals surface area contributed by atoms with Crippen LogP contribution in [0.1, 0.15) is 15.9 Å². The molecular formula is C57H100O27. The van der Waals surface area contributed by atoms with Gasteiger partial charge in [-0.2, -0.15) is 0 Å². The van der Waals surface area contributed by atoms with Crippen molar-refractivity contribution in [2.45, 2.75) is 6.61 Å². The van der Waals surface area contributed by atoms with Crippen LogP contribution in [0.3, 0.4) is 0 Å². The first-order valence-corrected chi connectivity index (χ1v) is 28.1. The Labute approximate surface area is 497 Å². The summed E-state index contributed by atoms with van der Waals surface area (Å²) >= 11 is 0. The third-order valence-corrected chi connectivity index (χ3v) is 10.4. The molecule has 2 rings (SSSR count). The van der Waals surface area contributed by atoms with E-state index in [1.165, 1.54) is 7.11 Å². The Kier molecular flexibility index (Phi) is 56.3. The molecule has 27 nitrogen and oxygen atoms in total. The molecule has 0 bridgehead atoms. The van der Waals surface area contributed by atoms with Gasteiger partial charge in [0.1, 0.15) is 39.6 Å². The van der Waals surface area contributed by atoms with E-state index in [1.807, 2.05) is 0 Å². The summed E-state index contributed by atoms with van der Waals surface area (Å²) in [5, 5.41) is 9.80. The summed E-state index contributed by atoms with van der Waals surface area (Å²) < 4.78 is 136. The van der Waals surface area contributed by atoms with E-state index in [4.69, 9.17) is 118 Å². The zero-order valence-corrected chi connectivity index (χ0v) is 51.0. The fourth-order valence-corrected chi connectivity index (χ4v) is 6.28. The zero-order chi connectivity index (χ0) is 60.9. The van der Waals surface area contributed by atoms with Gasteiger partial charge in [0.2, 0.25) is 11.5 Å². The van der Waals surface area contributed by atoms with Crippen LogP contribution in [0.4, 0.5) is 0 Å². The third-order valence-electron chi connectivity index (χ3n) is 10.4. The molecule has 490 valence electrons. The number of ether oxygens (including phenoxy) is 25. The van der Waals surface area contributed by atoms with Crippen molar-refractivity contribution in [3.63, 3.8) is 0 Å². The minimum atomic E-state index is -0.549. The van der Waals surface area contributed by atoms with E-state index in [9.17, 15) is 9.90 Å². The summed E-state index contributed by atoms with van der Waals surface area (Å²) in [4.78, 5) is 12.4. The van der Waals surface area contributed by atoms with E-state index < -0.39 is 5.97 Å². The molecule has 0 aliphatic heterocycles. The highest BCUT2D eigenvalue weighted by Gasteiger charge is 2.20. The Morgan fingerprint density at radius 3 is 0.667 bits per heavy atom. The van der Waals surface area contributed by atoms with Crippen LogP contribution in [0.2, 0.25) is 0 Å². The van der Waals surface area contributed by atoms with Crippen LogP contribution < -0.4 is 28.4 Å². The lowest BCUT2D eigenvalue weighted by Gasteiger charge is -2.18. The Hall–Kier alpha value is -4.05. The number of benzene rings is 2. The van der Waals surface area contributed by atoms with Crippen LogP contribution in [0.25, 0.3) is 0 Å². The summed E-state index contributed by atoms with van der Waals surface area (Å²) in [6.07, 6.45) is 0. The molecule has 0 heterocycles. The van der Waals surface area contributed by atoms with E-state index in [-0.39, 0.29) is 65.0 Å². The normalized spacial score (nSPS) is 11.1. The molecular weight excluding hydrogens is 1120 g/mol. The highest BCUT2D eigenvalue weighted by Crippen LogP contribution is 2.40. The highest BCUT2D eigenvalue weighted by atomic mass is 16.6. The second-order valence-corrected chi connectivity index (χ2v) is 16.8. The van der Waals surface area contributed by atoms with Crippen molar-refractivity contribution >= 4 is 5.97 Å². The fraction of sp³-hybridized carbons (Fsp3) is 0.772. The van der Waals surface area contributed by atoms with Crippen molar-refractivity contribution in [3.05, 3.63) is 35.4 Å². The minimum Gasteiger partial charge on any atom is -0.487 e. The molecule has 2 aromatic rings. The predicted molar refractivity (Wildman–Crippen MR) is 304 cm³/mol. The number of aliphatic hydroxyl groups excluding tert-OH is 1. The standard InChI is InChI=1S/C29H50O14.C28H50O13/c1-31-5-8-35-11-14-38-17-20-41-26-23-25(29(30)34-4)24-27(42-21-18-39-15-12-36-9-6-32-2)28(26)43-22-19-40-16-13-37-10-7-33-3;1-30-4-7-33-10-13-36-16-19-39-26-22-25(24-29)23-27(40-20-17-37-14-11-34-8-5-31-2)28(26)41-21-18-38-15-12-35-9-6-32-3/h23-24H,5-22H2,1-4H3;22-23,29H,4-21,24H2,1-3H3. The van der Waals surface area contributed by atoms with Crippen LogP contribution in [0.5, 0.6) is 34.5 Å². The maximum atomic E-state index is 12.4. The lowest BCUT2D eigenvalue weighted by atomic mass is 10.2. The molecule has 1 N–H and O–H groups in total. The molecule has 84 heavy (non-hydrogen) atoms. The van der Waals surface area contributed by atoms with Crippen LogP contribution >= 0.6 is 0 Å². The van der Waals surface area contributed by atoms with Crippen LogP contribution in [-0.2, 0) is 96.6 Å². The van der Waals surface area contributed by atoms with Gasteiger partial charge in [-0.05, 0) is 29.8 Å². The number of esters is 1. The molecule has 0 saturated heterocycles. The Balaban J connectivity index is 0.000000841. The van der Waals surface area contributed by atoms with Crippen LogP contribution in [0.15, 0.2) is 24.3 Å². The Bertz CT molecular complexity index is 1660. The van der Waals surface area contributed by atoms with E-state index in [1.54, 1.807) is 66.9 Å². The topological polar surface area (TPSA) is 268 Å². The number of rotatable bonds is 62. The second kappa shape index (κ2) is 60.6. The lowest BCUT2D eigenvalue weighted by Crippen LogP contribution is -2.16. The SMILES string of the molecule is COCCOCCOCCOc1cc(C(=O)OC)cc(OCCOCCOCCOC)c1OCCOCCOCCOC.COCCOCCOCCOc1cc(CO)cc(OCCOCCOCCOC)c1OCCOCCOCCOC. The average Bonchev–Trinajstić information content (AvgIpc) is 3.71. The molecule has 0 radical (unpaired) electrons. The molecule has 27 heteroatoms. The smallest absolute Gasteiger partial charge is 0.338 e. The van der Waals surface area contributed by atoms with Crippen LogP contribution in [-0.4, -0.2) is 299 Å². The van der Waals surface area contributed by atoms with Gasteiger partial charge in [-0.1, -0.05) is 0 Å². The quantitative estimate of drug-likeness (QED) is 0.0737. The van der Waals surface area contributed by atoms with Crippen molar-refractivity contribution in [1.82, 2.24) is 0 Å². The van der Waals surface area contributed by atoms with Gasteiger partial charge >= 0.3 is 5.97 Å². The van der Waals surface area contributed by atoms with Crippen molar-refractivity contribution < 1.29 is 128 Å². The number of hydrogen-bond acceptors (Lipinski definition) is 27. The number of hydrogen-bond donors (Lipinski definition) is 1. The molecule has 0 aliphatic rings. The number of carbonyl (C=O) groups is 1. The van der Waals surface area contributed by atoms with Crippen molar-refractivity contribution in [1.29, 1.82) is 0 Å². The van der Waals surface area contributed by atoms with Gasteiger partial charge < -0.3 is 124 Å². The van der Waals surface area contributed by atoms with Gasteiger partial charge in [0, 0.05) is 42.7 Å². The summed E-state index contributed by atoms with van der Waals surface area (Å²) in [5.41, 5.74) is 0.857. The summed E-state index contributed by atoms with van der Waals surface area (Å²) in [7, 11) is 11.0. The van der Waals surface area contributed by atoms with Gasteiger partial charge in [-0.25, -0.2) is 4.79 Å². The molecule has 0 saturated carbocycles. The van der Waals surface area contributed by atoms with E-state index in [0.717, 1.165) is 0 Å². The van der Waals surface area contributed by atoms with Crippen molar-refractivity contribution in [2.24, 2.45) is 0 Å². The second-order valence-electron chi connectivity index (χ2n) is 16.8. The maximum Gasteiger partial charge on any atom is 0.338 e. The van der Waals surface area contributed by atoms with Gasteiger partial charge in [0.05, 0.1) is 217 Å². The number of aliphatic hydroxyl groups is 1. The molecule has 0 atom stereocenters.